The first kappa shape index (κ1) is 6.63. The molecule has 0 radical (unpaired) electrons. The van der Waals surface area contributed by atoms with E-state index in [1.54, 1.807) is 20.2 Å². The molecule has 0 atom stereocenters. The molecule has 0 spiro atoms. The second-order valence-electron chi connectivity index (χ2n) is 0.880. The molecule has 0 bridgehead atoms. The van der Waals surface area contributed by atoms with Gasteiger partial charge >= 0.3 is 0 Å². The standard InChI is InChI=1S/C4H7ClN2/c1-3-7-4(5)6-2/h3H,1-2H3/b6-4-,7-3-. The number of hydrogen-bond donors (Lipinski definition) is 0. The van der Waals surface area contributed by atoms with E-state index in [9.17, 15) is 0 Å². The van der Waals surface area contributed by atoms with Gasteiger partial charge in [-0.1, -0.05) is 0 Å². The van der Waals surface area contributed by atoms with Gasteiger partial charge in [-0.3, -0.25) is 4.99 Å². The summed E-state index contributed by atoms with van der Waals surface area (Å²) in [5.74, 6) is 0. The van der Waals surface area contributed by atoms with Gasteiger partial charge in [0.1, 0.15) is 0 Å². The second kappa shape index (κ2) is 3.81. The fraction of sp³-hybridized carbons (Fsp3) is 0.500. The van der Waals surface area contributed by atoms with E-state index < -0.39 is 0 Å². The van der Waals surface area contributed by atoms with Crippen LogP contribution in [0.5, 0.6) is 0 Å². The first-order valence-corrected chi connectivity index (χ1v) is 2.30. The Morgan fingerprint density at radius 2 is 2.29 bits per heavy atom. The zero-order valence-electron chi connectivity index (χ0n) is 4.35. The van der Waals surface area contributed by atoms with Crippen LogP contribution in [0.25, 0.3) is 0 Å². The normalized spacial score (nSPS) is 13.3. The molecule has 0 aromatic heterocycles. The van der Waals surface area contributed by atoms with Crippen LogP contribution in [-0.4, -0.2) is 18.6 Å². The summed E-state index contributed by atoms with van der Waals surface area (Å²) in [6.07, 6.45) is 1.59. The van der Waals surface area contributed by atoms with Gasteiger partial charge in [0, 0.05) is 13.3 Å². The SMILES string of the molecule is C/C=N\C(Cl)=N/C. The topological polar surface area (TPSA) is 24.7 Å². The molecule has 2 nitrogen and oxygen atoms in total. The molecule has 7 heavy (non-hydrogen) atoms. The zero-order valence-corrected chi connectivity index (χ0v) is 5.11. The summed E-state index contributed by atoms with van der Waals surface area (Å²) in [7, 11) is 1.59. The predicted molar refractivity (Wildman–Crippen MR) is 33.4 cm³/mol. The molecule has 0 aliphatic heterocycles. The Labute approximate surface area is 47.9 Å². The number of rotatable bonds is 0. The van der Waals surface area contributed by atoms with Crippen molar-refractivity contribution in [2.75, 3.05) is 7.05 Å². The molecule has 0 fully saturated rings. The Hall–Kier alpha value is -0.370. The maximum Gasteiger partial charge on any atom is 0.217 e. The van der Waals surface area contributed by atoms with E-state index in [0.29, 0.717) is 5.29 Å². The molecule has 0 aromatic carbocycles. The summed E-state index contributed by atoms with van der Waals surface area (Å²) < 4.78 is 0. The molecule has 0 heterocycles. The maximum absolute atomic E-state index is 5.32. The maximum atomic E-state index is 5.32. The van der Waals surface area contributed by atoms with Crippen LogP contribution in [0.1, 0.15) is 6.92 Å². The summed E-state index contributed by atoms with van der Waals surface area (Å²) in [4.78, 5) is 7.20. The third-order valence-electron chi connectivity index (χ3n) is 0.420. The molecule has 0 saturated heterocycles. The smallest absolute Gasteiger partial charge is 0.217 e. The van der Waals surface area contributed by atoms with Gasteiger partial charge in [-0.05, 0) is 18.5 Å². The van der Waals surface area contributed by atoms with Crippen molar-refractivity contribution >= 4 is 23.1 Å². The number of hydrogen-bond acceptors (Lipinski definition) is 1. The van der Waals surface area contributed by atoms with Crippen molar-refractivity contribution in [2.24, 2.45) is 9.98 Å². The largest absolute Gasteiger partial charge is 0.260 e. The van der Waals surface area contributed by atoms with Gasteiger partial charge in [0.25, 0.3) is 0 Å². The van der Waals surface area contributed by atoms with Crippen LogP contribution < -0.4 is 0 Å². The van der Waals surface area contributed by atoms with Gasteiger partial charge < -0.3 is 0 Å². The first-order chi connectivity index (χ1) is 3.31. The van der Waals surface area contributed by atoms with E-state index >= 15 is 0 Å². The Balaban J connectivity index is 3.58. The van der Waals surface area contributed by atoms with Gasteiger partial charge in [-0.25, -0.2) is 4.99 Å². The van der Waals surface area contributed by atoms with E-state index in [1.807, 2.05) is 0 Å². The van der Waals surface area contributed by atoms with Crippen molar-refractivity contribution in [1.82, 2.24) is 0 Å². The van der Waals surface area contributed by atoms with Gasteiger partial charge in [-0.15, -0.1) is 0 Å². The Morgan fingerprint density at radius 3 is 2.43 bits per heavy atom. The number of aliphatic imine (C=N–C) groups is 2. The highest BCUT2D eigenvalue weighted by atomic mass is 35.5. The summed E-state index contributed by atoms with van der Waals surface area (Å²) in [5.41, 5.74) is 0. The van der Waals surface area contributed by atoms with Crippen molar-refractivity contribution < 1.29 is 0 Å². The second-order valence-corrected chi connectivity index (χ2v) is 1.22. The fourth-order valence-corrected chi connectivity index (χ4v) is 0.262. The lowest BCUT2D eigenvalue weighted by molar-refractivity contribution is 1.43. The van der Waals surface area contributed by atoms with E-state index in [1.165, 1.54) is 0 Å². The van der Waals surface area contributed by atoms with Crippen molar-refractivity contribution in [3.8, 4) is 0 Å². The van der Waals surface area contributed by atoms with Gasteiger partial charge in [0.05, 0.1) is 0 Å². The summed E-state index contributed by atoms with van der Waals surface area (Å²) in [5, 5.41) is 0.294. The molecule has 0 aliphatic carbocycles. The molecule has 0 rings (SSSR count). The molecule has 0 N–H and O–H groups in total. The molecule has 3 heteroatoms. The third kappa shape index (κ3) is 3.46. The van der Waals surface area contributed by atoms with Crippen molar-refractivity contribution in [3.63, 3.8) is 0 Å². The Morgan fingerprint density at radius 1 is 1.71 bits per heavy atom. The van der Waals surface area contributed by atoms with Gasteiger partial charge in [0.2, 0.25) is 5.29 Å². The highest BCUT2D eigenvalue weighted by molar-refractivity contribution is 6.65. The number of nitrogens with zero attached hydrogens (tertiary/aromatic N) is 2. The van der Waals surface area contributed by atoms with E-state index in [2.05, 4.69) is 9.98 Å². The monoisotopic (exact) mass is 118 g/mol. The lowest BCUT2D eigenvalue weighted by Gasteiger charge is -1.77. The molecule has 0 aliphatic rings. The fourth-order valence-electron chi connectivity index (χ4n) is 0.164. The Bertz CT molecular complexity index is 95.9. The first-order valence-electron chi connectivity index (χ1n) is 1.92. The zero-order chi connectivity index (χ0) is 5.70. The highest BCUT2D eigenvalue weighted by Crippen LogP contribution is 1.82. The lowest BCUT2D eigenvalue weighted by atomic mass is 10.9. The molecule has 0 unspecified atom stereocenters. The van der Waals surface area contributed by atoms with Crippen molar-refractivity contribution in [3.05, 3.63) is 0 Å². The van der Waals surface area contributed by atoms with Gasteiger partial charge in [0.15, 0.2) is 0 Å². The van der Waals surface area contributed by atoms with E-state index in [0.717, 1.165) is 0 Å². The predicted octanol–water partition coefficient (Wildman–Crippen LogP) is 1.30. The minimum absolute atomic E-state index is 0.294. The molecular weight excluding hydrogens is 112 g/mol. The van der Waals surface area contributed by atoms with Crippen LogP contribution in [0.4, 0.5) is 0 Å². The minimum Gasteiger partial charge on any atom is -0.260 e. The number of halogens is 1. The summed E-state index contributed by atoms with van der Waals surface area (Å²) in [6.45, 7) is 1.79. The lowest BCUT2D eigenvalue weighted by Crippen LogP contribution is -1.77. The van der Waals surface area contributed by atoms with Crippen LogP contribution >= 0.6 is 11.6 Å². The Kier molecular flexibility index (Phi) is 3.61. The average molecular weight is 119 g/mol. The van der Waals surface area contributed by atoms with Gasteiger partial charge in [-0.2, -0.15) is 0 Å². The molecule has 40 valence electrons. The third-order valence-corrected chi connectivity index (χ3v) is 0.687. The highest BCUT2D eigenvalue weighted by Gasteiger charge is 1.76. The minimum atomic E-state index is 0.294. The summed E-state index contributed by atoms with van der Waals surface area (Å²) >= 11 is 5.32. The van der Waals surface area contributed by atoms with Crippen LogP contribution in [0.2, 0.25) is 0 Å². The molecule has 0 amide bonds. The van der Waals surface area contributed by atoms with Crippen LogP contribution in [-0.2, 0) is 0 Å². The number of amidine groups is 1. The van der Waals surface area contributed by atoms with Crippen molar-refractivity contribution in [1.29, 1.82) is 0 Å². The molecular formula is C4H7ClN2. The van der Waals surface area contributed by atoms with Crippen LogP contribution in [0.3, 0.4) is 0 Å². The summed E-state index contributed by atoms with van der Waals surface area (Å²) in [6, 6.07) is 0. The van der Waals surface area contributed by atoms with Crippen molar-refractivity contribution in [2.45, 2.75) is 6.92 Å². The van der Waals surface area contributed by atoms with Crippen LogP contribution in [0, 0.1) is 0 Å². The molecule has 0 aromatic rings. The van der Waals surface area contributed by atoms with Crippen LogP contribution in [0.15, 0.2) is 9.98 Å². The van der Waals surface area contributed by atoms with E-state index in [-0.39, 0.29) is 0 Å². The molecule has 0 saturated carbocycles. The van der Waals surface area contributed by atoms with E-state index in [4.69, 9.17) is 11.6 Å². The average Bonchev–Trinajstić information content (AvgIpc) is 1.68. The quantitative estimate of drug-likeness (QED) is 0.260.